The number of nitrogens with one attached hydrogen (secondary N) is 1. The molecule has 2 amide bonds. The summed E-state index contributed by atoms with van der Waals surface area (Å²) < 4.78 is 0. The molecule has 2 aromatic rings. The standard InChI is InChI=1S/C18H11ClN2O3S2/c19-10-5-7-11(8-6-10)21-17(24)13(16(23)20-18(21)26)9-14(22)12-3-1-2-4-15(12)25/h1-9,25H,(H,20,23,26)/b13-9-. The molecule has 0 atom stereocenters. The topological polar surface area (TPSA) is 66.5 Å². The molecule has 1 fully saturated rings. The summed E-state index contributed by atoms with van der Waals surface area (Å²) >= 11 is 15.2. The molecule has 0 spiro atoms. The molecular weight excluding hydrogens is 392 g/mol. The smallest absolute Gasteiger partial charge is 0.270 e. The minimum Gasteiger partial charge on any atom is -0.298 e. The fourth-order valence-electron chi connectivity index (χ4n) is 2.37. The SMILES string of the molecule is O=C1NC(=S)N(c2ccc(Cl)cc2)C(=O)/C1=C\C(=O)c1ccccc1S. The van der Waals surface area contributed by atoms with Gasteiger partial charge in [-0.1, -0.05) is 23.7 Å². The van der Waals surface area contributed by atoms with Crippen molar-refractivity contribution in [2.24, 2.45) is 0 Å². The van der Waals surface area contributed by atoms with Gasteiger partial charge in [-0.25, -0.2) is 0 Å². The van der Waals surface area contributed by atoms with Gasteiger partial charge in [0.1, 0.15) is 5.57 Å². The van der Waals surface area contributed by atoms with Crippen molar-refractivity contribution >= 4 is 64.8 Å². The average molecular weight is 403 g/mol. The fraction of sp³-hybridized carbons (Fsp3) is 0. The first-order valence-electron chi connectivity index (χ1n) is 7.38. The van der Waals surface area contributed by atoms with Crippen molar-refractivity contribution in [3.8, 4) is 0 Å². The van der Waals surface area contributed by atoms with Gasteiger partial charge >= 0.3 is 0 Å². The zero-order chi connectivity index (χ0) is 18.8. The molecule has 26 heavy (non-hydrogen) atoms. The van der Waals surface area contributed by atoms with Gasteiger partial charge in [0.25, 0.3) is 11.8 Å². The Morgan fingerprint density at radius 2 is 1.77 bits per heavy atom. The van der Waals surface area contributed by atoms with Crippen LogP contribution in [0.25, 0.3) is 0 Å². The van der Waals surface area contributed by atoms with Gasteiger partial charge in [0, 0.05) is 21.6 Å². The second kappa shape index (κ2) is 7.41. The Morgan fingerprint density at radius 3 is 2.42 bits per heavy atom. The van der Waals surface area contributed by atoms with E-state index in [0.29, 0.717) is 15.6 Å². The van der Waals surface area contributed by atoms with Crippen LogP contribution in [-0.4, -0.2) is 22.7 Å². The van der Waals surface area contributed by atoms with Crippen LogP contribution in [0.4, 0.5) is 5.69 Å². The molecule has 0 bridgehead atoms. The number of halogens is 1. The van der Waals surface area contributed by atoms with E-state index >= 15 is 0 Å². The number of allylic oxidation sites excluding steroid dienone is 1. The van der Waals surface area contributed by atoms with Gasteiger partial charge in [-0.3, -0.25) is 24.6 Å². The van der Waals surface area contributed by atoms with Crippen LogP contribution in [0.3, 0.4) is 0 Å². The third-order valence-electron chi connectivity index (χ3n) is 3.63. The Balaban J connectivity index is 1.99. The third-order valence-corrected chi connectivity index (χ3v) is 4.56. The van der Waals surface area contributed by atoms with Gasteiger partial charge in [-0.15, -0.1) is 12.6 Å². The summed E-state index contributed by atoms with van der Waals surface area (Å²) in [5, 5.41) is 2.84. The van der Waals surface area contributed by atoms with Gasteiger partial charge in [0.05, 0.1) is 5.69 Å². The van der Waals surface area contributed by atoms with E-state index in [1.165, 1.54) is 0 Å². The highest BCUT2D eigenvalue weighted by Gasteiger charge is 2.35. The van der Waals surface area contributed by atoms with Crippen molar-refractivity contribution in [3.05, 3.63) is 70.8 Å². The lowest BCUT2D eigenvalue weighted by Gasteiger charge is -2.28. The lowest BCUT2D eigenvalue weighted by molar-refractivity contribution is -0.122. The van der Waals surface area contributed by atoms with Crippen LogP contribution >= 0.6 is 36.4 Å². The number of benzene rings is 2. The molecule has 1 aliphatic heterocycles. The van der Waals surface area contributed by atoms with Gasteiger partial charge in [-0.05, 0) is 48.6 Å². The molecule has 1 N–H and O–H groups in total. The van der Waals surface area contributed by atoms with Crippen molar-refractivity contribution in [1.29, 1.82) is 0 Å². The quantitative estimate of drug-likeness (QED) is 0.272. The molecular formula is C18H11ClN2O3S2. The average Bonchev–Trinajstić information content (AvgIpc) is 2.60. The molecule has 5 nitrogen and oxygen atoms in total. The molecule has 1 saturated heterocycles. The van der Waals surface area contributed by atoms with Gasteiger partial charge < -0.3 is 0 Å². The minimum absolute atomic E-state index is 0.0680. The lowest BCUT2D eigenvalue weighted by atomic mass is 10.1. The van der Waals surface area contributed by atoms with Crippen molar-refractivity contribution in [3.63, 3.8) is 0 Å². The Bertz CT molecular complexity index is 971. The van der Waals surface area contributed by atoms with Crippen LogP contribution in [0.2, 0.25) is 5.02 Å². The Kier molecular flexibility index (Phi) is 5.22. The summed E-state index contributed by atoms with van der Waals surface area (Å²) in [4.78, 5) is 39.0. The second-order valence-electron chi connectivity index (χ2n) is 5.32. The number of carbonyl (C=O) groups excluding carboxylic acids is 3. The Morgan fingerprint density at radius 1 is 1.12 bits per heavy atom. The highest BCUT2D eigenvalue weighted by molar-refractivity contribution is 7.80. The highest BCUT2D eigenvalue weighted by Crippen LogP contribution is 2.23. The number of thiol groups is 1. The molecule has 1 heterocycles. The first-order chi connectivity index (χ1) is 12.4. The van der Waals surface area contributed by atoms with Crippen LogP contribution < -0.4 is 10.2 Å². The predicted octanol–water partition coefficient (Wildman–Crippen LogP) is 3.19. The Hall–Kier alpha value is -2.48. The van der Waals surface area contributed by atoms with Gasteiger partial charge in [0.15, 0.2) is 10.9 Å². The van der Waals surface area contributed by atoms with E-state index in [4.69, 9.17) is 23.8 Å². The molecule has 0 radical (unpaired) electrons. The number of thiocarbonyl (C=S) groups is 1. The number of ketones is 1. The van der Waals surface area contributed by atoms with Crippen LogP contribution in [-0.2, 0) is 9.59 Å². The maximum atomic E-state index is 12.8. The van der Waals surface area contributed by atoms with Crippen LogP contribution in [0, 0.1) is 0 Å². The maximum Gasteiger partial charge on any atom is 0.270 e. The molecule has 130 valence electrons. The summed E-state index contributed by atoms with van der Waals surface area (Å²) in [5.41, 5.74) is 0.405. The number of amides is 2. The summed E-state index contributed by atoms with van der Waals surface area (Å²) in [7, 11) is 0. The molecule has 8 heteroatoms. The number of carbonyl (C=O) groups is 3. The fourth-order valence-corrected chi connectivity index (χ4v) is 3.05. The monoisotopic (exact) mass is 402 g/mol. The first kappa shape index (κ1) is 18.3. The van der Waals surface area contributed by atoms with E-state index in [9.17, 15) is 14.4 Å². The van der Waals surface area contributed by atoms with Crippen molar-refractivity contribution in [1.82, 2.24) is 5.32 Å². The van der Waals surface area contributed by atoms with Gasteiger partial charge in [-0.2, -0.15) is 0 Å². The number of hydrogen-bond donors (Lipinski definition) is 2. The van der Waals surface area contributed by atoms with Crippen LogP contribution in [0.1, 0.15) is 10.4 Å². The molecule has 1 aliphatic rings. The van der Waals surface area contributed by atoms with E-state index in [0.717, 1.165) is 11.0 Å². The maximum absolute atomic E-state index is 12.8. The summed E-state index contributed by atoms with van der Waals surface area (Å²) in [6, 6.07) is 13.0. The van der Waals surface area contributed by atoms with Gasteiger partial charge in [0.2, 0.25) is 0 Å². The summed E-state index contributed by atoms with van der Waals surface area (Å²) in [5.74, 6) is -1.92. The zero-order valence-corrected chi connectivity index (χ0v) is 15.6. The van der Waals surface area contributed by atoms with E-state index in [2.05, 4.69) is 17.9 Å². The summed E-state index contributed by atoms with van der Waals surface area (Å²) in [6.45, 7) is 0. The normalized spacial score (nSPS) is 16.0. The van der Waals surface area contributed by atoms with Crippen LogP contribution in [0.5, 0.6) is 0 Å². The van der Waals surface area contributed by atoms with E-state index in [1.54, 1.807) is 48.5 Å². The second-order valence-corrected chi connectivity index (χ2v) is 6.62. The van der Waals surface area contributed by atoms with E-state index in [-0.39, 0.29) is 16.2 Å². The Labute approximate surface area is 165 Å². The molecule has 3 rings (SSSR count). The predicted molar refractivity (Wildman–Crippen MR) is 106 cm³/mol. The molecule has 2 aromatic carbocycles. The molecule has 0 saturated carbocycles. The minimum atomic E-state index is -0.727. The number of anilines is 1. The lowest BCUT2D eigenvalue weighted by Crippen LogP contribution is -2.54. The molecule has 0 aromatic heterocycles. The number of nitrogens with zero attached hydrogens (tertiary/aromatic N) is 1. The first-order valence-corrected chi connectivity index (χ1v) is 8.61. The molecule has 0 aliphatic carbocycles. The number of hydrogen-bond acceptors (Lipinski definition) is 5. The van der Waals surface area contributed by atoms with Crippen LogP contribution in [0.15, 0.2) is 65.1 Å². The zero-order valence-electron chi connectivity index (χ0n) is 13.1. The van der Waals surface area contributed by atoms with E-state index in [1.807, 2.05) is 0 Å². The van der Waals surface area contributed by atoms with Crippen molar-refractivity contribution in [2.75, 3.05) is 4.90 Å². The third kappa shape index (κ3) is 3.55. The molecule has 0 unspecified atom stereocenters. The van der Waals surface area contributed by atoms with Crippen molar-refractivity contribution in [2.45, 2.75) is 4.90 Å². The number of rotatable bonds is 3. The van der Waals surface area contributed by atoms with Crippen molar-refractivity contribution < 1.29 is 14.4 Å². The summed E-state index contributed by atoms with van der Waals surface area (Å²) in [6.07, 6.45) is 0.997. The van der Waals surface area contributed by atoms with E-state index < -0.39 is 17.6 Å². The largest absolute Gasteiger partial charge is 0.298 e. The highest BCUT2D eigenvalue weighted by atomic mass is 35.5.